The molecule has 2 aliphatic heterocycles. The summed E-state index contributed by atoms with van der Waals surface area (Å²) in [5.41, 5.74) is 1.60. The van der Waals surface area contributed by atoms with Gasteiger partial charge in [0, 0.05) is 30.7 Å². The fourth-order valence-corrected chi connectivity index (χ4v) is 4.86. The first-order valence-electron chi connectivity index (χ1n) is 10.0. The van der Waals surface area contributed by atoms with Gasteiger partial charge in [-0.3, -0.25) is 9.78 Å². The van der Waals surface area contributed by atoms with Crippen LogP contribution in [0.4, 0.5) is 5.69 Å². The van der Waals surface area contributed by atoms with Gasteiger partial charge >= 0.3 is 0 Å². The highest BCUT2D eigenvalue weighted by Crippen LogP contribution is 2.41. The van der Waals surface area contributed by atoms with Crippen molar-refractivity contribution in [2.75, 3.05) is 11.7 Å². The van der Waals surface area contributed by atoms with Crippen molar-refractivity contribution < 1.29 is 24.5 Å². The van der Waals surface area contributed by atoms with Gasteiger partial charge in [0.2, 0.25) is 12.7 Å². The molecular weight excluding hydrogens is 420 g/mol. The number of aliphatic hydroxyl groups is 2. The van der Waals surface area contributed by atoms with Crippen LogP contribution in [0, 0.1) is 5.92 Å². The van der Waals surface area contributed by atoms with Crippen LogP contribution in [0.2, 0.25) is 0 Å². The van der Waals surface area contributed by atoms with Crippen LogP contribution >= 0.6 is 12.2 Å². The zero-order valence-electron chi connectivity index (χ0n) is 16.5. The smallest absolute Gasteiger partial charge is 0.231 e. The van der Waals surface area contributed by atoms with Gasteiger partial charge in [0.05, 0.1) is 24.1 Å². The second-order valence-electron chi connectivity index (χ2n) is 7.85. The zero-order valence-corrected chi connectivity index (χ0v) is 17.3. The number of rotatable bonds is 4. The average molecular weight is 442 g/mol. The molecule has 162 valence electrons. The number of carbonyl (C=O) groups is 1. The fraction of sp³-hybridized carbons (Fsp3) is 0.381. The molecule has 3 heterocycles. The first-order chi connectivity index (χ1) is 15.0. The number of aromatic nitrogens is 1. The standard InChI is InChI=1S/C21H22N4O5S/c26-14-7-13(20(28)23-9-11-2-1-5-22-8-11)18-17(19(14)27)24-21(31)25(18)12-3-4-15-16(6-12)30-10-29-15/h1-6,8,13-14,17-19,26-27H,7,9-10H2,(H,23,28)(H,24,31). The number of ether oxygens (including phenoxy) is 2. The molecular formula is C21H22N4O5S. The number of amides is 1. The number of nitrogens with zero attached hydrogens (tertiary/aromatic N) is 2. The molecule has 9 nitrogen and oxygen atoms in total. The van der Waals surface area contributed by atoms with Crippen molar-refractivity contribution in [2.45, 2.75) is 37.3 Å². The number of thiocarbonyl (C=S) groups is 1. The predicted molar refractivity (Wildman–Crippen MR) is 115 cm³/mol. The normalized spacial score (nSPS) is 28.8. The molecule has 1 aromatic heterocycles. The highest BCUT2D eigenvalue weighted by Gasteiger charge is 2.54. The molecule has 31 heavy (non-hydrogen) atoms. The molecule has 5 rings (SSSR count). The first-order valence-corrected chi connectivity index (χ1v) is 10.5. The quantitative estimate of drug-likeness (QED) is 0.496. The Morgan fingerprint density at radius 1 is 1.29 bits per heavy atom. The van der Waals surface area contributed by atoms with Gasteiger partial charge in [-0.05, 0) is 42.4 Å². The van der Waals surface area contributed by atoms with Crippen LogP contribution in [0.25, 0.3) is 0 Å². The molecule has 0 spiro atoms. The summed E-state index contributed by atoms with van der Waals surface area (Å²) in [5, 5.41) is 27.4. The van der Waals surface area contributed by atoms with E-state index >= 15 is 0 Å². The number of hydrogen-bond donors (Lipinski definition) is 4. The number of benzene rings is 1. The topological polar surface area (TPSA) is 116 Å². The molecule has 2 fully saturated rings. The van der Waals surface area contributed by atoms with Gasteiger partial charge in [0.15, 0.2) is 16.6 Å². The van der Waals surface area contributed by atoms with Gasteiger partial charge < -0.3 is 35.2 Å². The zero-order chi connectivity index (χ0) is 21.5. The van der Waals surface area contributed by atoms with Crippen LogP contribution < -0.4 is 25.0 Å². The van der Waals surface area contributed by atoms with Crippen LogP contribution in [0.1, 0.15) is 12.0 Å². The number of aliphatic hydroxyl groups excluding tert-OH is 2. The molecule has 5 atom stereocenters. The van der Waals surface area contributed by atoms with Crippen molar-refractivity contribution in [2.24, 2.45) is 5.92 Å². The number of carbonyl (C=O) groups excluding carboxylic acids is 1. The molecule has 1 amide bonds. The van der Waals surface area contributed by atoms with Gasteiger partial charge in [-0.25, -0.2) is 0 Å². The summed E-state index contributed by atoms with van der Waals surface area (Å²) >= 11 is 5.55. The van der Waals surface area contributed by atoms with Gasteiger partial charge in [0.1, 0.15) is 6.10 Å². The highest BCUT2D eigenvalue weighted by atomic mass is 32.1. The van der Waals surface area contributed by atoms with Crippen LogP contribution in [0.3, 0.4) is 0 Å². The first kappa shape index (κ1) is 20.0. The van der Waals surface area contributed by atoms with Gasteiger partial charge in [-0.1, -0.05) is 6.07 Å². The van der Waals surface area contributed by atoms with E-state index in [0.717, 1.165) is 11.3 Å². The van der Waals surface area contributed by atoms with E-state index in [0.29, 0.717) is 23.2 Å². The SMILES string of the molecule is O=C(NCc1cccnc1)C1CC(O)C(O)C2NC(=S)N(c3ccc4c(c3)OCO4)C12. The maximum Gasteiger partial charge on any atom is 0.231 e. The Morgan fingerprint density at radius 2 is 2.13 bits per heavy atom. The summed E-state index contributed by atoms with van der Waals surface area (Å²) < 4.78 is 10.9. The second kappa shape index (κ2) is 7.95. The molecule has 2 aromatic rings. The lowest BCUT2D eigenvalue weighted by Gasteiger charge is -2.41. The number of fused-ring (bicyclic) bond motifs is 2. The van der Waals surface area contributed by atoms with E-state index in [9.17, 15) is 15.0 Å². The molecule has 5 unspecified atom stereocenters. The lowest BCUT2D eigenvalue weighted by atomic mass is 9.77. The van der Waals surface area contributed by atoms with E-state index < -0.39 is 30.2 Å². The minimum atomic E-state index is -1.05. The molecule has 4 N–H and O–H groups in total. The number of pyridine rings is 1. The Hall–Kier alpha value is -2.95. The number of nitrogens with one attached hydrogen (secondary N) is 2. The minimum absolute atomic E-state index is 0.118. The largest absolute Gasteiger partial charge is 0.454 e. The van der Waals surface area contributed by atoms with Gasteiger partial charge in [-0.15, -0.1) is 0 Å². The number of anilines is 1. The van der Waals surface area contributed by atoms with E-state index in [1.54, 1.807) is 30.6 Å². The third kappa shape index (κ3) is 3.56. The molecule has 1 aromatic carbocycles. The summed E-state index contributed by atoms with van der Waals surface area (Å²) in [4.78, 5) is 19.1. The third-order valence-electron chi connectivity index (χ3n) is 6.01. The summed E-state index contributed by atoms with van der Waals surface area (Å²) in [6, 6.07) is 8.06. The van der Waals surface area contributed by atoms with Crippen molar-refractivity contribution >= 4 is 28.9 Å². The molecule has 1 aliphatic carbocycles. The van der Waals surface area contributed by atoms with E-state index in [4.69, 9.17) is 21.7 Å². The lowest BCUT2D eigenvalue weighted by molar-refractivity contribution is -0.131. The molecule has 0 bridgehead atoms. The Balaban J connectivity index is 1.43. The van der Waals surface area contributed by atoms with E-state index in [2.05, 4.69) is 15.6 Å². The van der Waals surface area contributed by atoms with Crippen molar-refractivity contribution in [3.8, 4) is 11.5 Å². The summed E-state index contributed by atoms with van der Waals surface area (Å²) in [7, 11) is 0. The summed E-state index contributed by atoms with van der Waals surface area (Å²) in [5.74, 6) is 0.418. The van der Waals surface area contributed by atoms with E-state index in [1.165, 1.54) is 0 Å². The van der Waals surface area contributed by atoms with Crippen molar-refractivity contribution in [3.63, 3.8) is 0 Å². The maximum atomic E-state index is 13.2. The molecule has 3 aliphatic rings. The molecule has 0 radical (unpaired) electrons. The maximum absolute atomic E-state index is 13.2. The van der Waals surface area contributed by atoms with Gasteiger partial charge in [-0.2, -0.15) is 0 Å². The van der Waals surface area contributed by atoms with Crippen LogP contribution in [0.5, 0.6) is 11.5 Å². The molecule has 10 heteroatoms. The van der Waals surface area contributed by atoms with Crippen molar-refractivity contribution in [1.82, 2.24) is 15.6 Å². The van der Waals surface area contributed by atoms with Crippen LogP contribution in [-0.2, 0) is 11.3 Å². The highest BCUT2D eigenvalue weighted by molar-refractivity contribution is 7.80. The Labute approximate surface area is 184 Å². The predicted octanol–water partition coefficient (Wildman–Crippen LogP) is 0.300. The van der Waals surface area contributed by atoms with Gasteiger partial charge in [0.25, 0.3) is 0 Å². The number of hydrogen-bond acceptors (Lipinski definition) is 7. The fourth-order valence-electron chi connectivity index (χ4n) is 4.50. The Morgan fingerprint density at radius 3 is 2.94 bits per heavy atom. The average Bonchev–Trinajstić information content (AvgIpc) is 3.39. The monoisotopic (exact) mass is 442 g/mol. The minimum Gasteiger partial charge on any atom is -0.454 e. The van der Waals surface area contributed by atoms with E-state index in [1.807, 2.05) is 17.0 Å². The van der Waals surface area contributed by atoms with Crippen LogP contribution in [-0.4, -0.2) is 57.3 Å². The Bertz CT molecular complexity index is 1010. The Kier molecular flexibility index (Phi) is 5.12. The third-order valence-corrected chi connectivity index (χ3v) is 6.32. The lowest BCUT2D eigenvalue weighted by Crippen LogP contribution is -2.60. The summed E-state index contributed by atoms with van der Waals surface area (Å²) in [6.45, 7) is 0.471. The molecule has 1 saturated carbocycles. The van der Waals surface area contributed by atoms with Crippen LogP contribution in [0.15, 0.2) is 42.7 Å². The van der Waals surface area contributed by atoms with Crippen molar-refractivity contribution in [1.29, 1.82) is 0 Å². The van der Waals surface area contributed by atoms with E-state index in [-0.39, 0.29) is 19.1 Å². The summed E-state index contributed by atoms with van der Waals surface area (Å²) in [6.07, 6.45) is 1.38. The second-order valence-corrected chi connectivity index (χ2v) is 8.24. The van der Waals surface area contributed by atoms with Crippen molar-refractivity contribution in [3.05, 3.63) is 48.3 Å². The molecule has 1 saturated heterocycles.